The molecule has 0 bridgehead atoms. The van der Waals surface area contributed by atoms with Gasteiger partial charge in [0.15, 0.2) is 0 Å². The largest absolute Gasteiger partial charge is 0.394 e. The highest BCUT2D eigenvalue weighted by molar-refractivity contribution is 6.67. The van der Waals surface area contributed by atoms with E-state index in [0.717, 1.165) is 38.4 Å². The Labute approximate surface area is 178 Å². The van der Waals surface area contributed by atoms with Gasteiger partial charge in [0, 0.05) is 13.2 Å². The van der Waals surface area contributed by atoms with Crippen molar-refractivity contribution < 1.29 is 8.85 Å². The minimum atomic E-state index is -2.16. The Morgan fingerprint density at radius 1 is 0.714 bits per heavy atom. The maximum atomic E-state index is 6.50. The van der Waals surface area contributed by atoms with Crippen molar-refractivity contribution in [3.05, 3.63) is 0 Å². The van der Waals surface area contributed by atoms with Crippen molar-refractivity contribution >= 4 is 8.56 Å². The molecule has 0 unspecified atom stereocenters. The zero-order valence-electron chi connectivity index (χ0n) is 20.6. The molecule has 0 N–H and O–H groups in total. The van der Waals surface area contributed by atoms with Gasteiger partial charge in [-0.15, -0.1) is 0 Å². The predicted molar refractivity (Wildman–Crippen MR) is 126 cm³/mol. The molecule has 0 aromatic rings. The Morgan fingerprint density at radius 3 is 1.61 bits per heavy atom. The highest BCUT2D eigenvalue weighted by Gasteiger charge is 2.43. The molecule has 0 saturated heterocycles. The lowest BCUT2D eigenvalue weighted by Crippen LogP contribution is -2.46. The van der Waals surface area contributed by atoms with Gasteiger partial charge >= 0.3 is 8.56 Å². The van der Waals surface area contributed by atoms with Gasteiger partial charge in [-0.25, -0.2) is 0 Å². The van der Waals surface area contributed by atoms with Crippen molar-refractivity contribution in [3.63, 3.8) is 0 Å². The van der Waals surface area contributed by atoms with Crippen molar-refractivity contribution in [1.29, 1.82) is 0 Å². The summed E-state index contributed by atoms with van der Waals surface area (Å²) in [5.41, 5.74) is 0.313. The summed E-state index contributed by atoms with van der Waals surface area (Å²) in [5.74, 6) is 0. The molecule has 0 radical (unpaired) electrons. The number of nitrogens with zero attached hydrogens (tertiary/aromatic N) is 2. The summed E-state index contributed by atoms with van der Waals surface area (Å²) in [6.07, 6.45) is 10.2. The highest BCUT2D eigenvalue weighted by Crippen LogP contribution is 2.41. The quantitative estimate of drug-likeness (QED) is 0.197. The molecule has 0 aromatic heterocycles. The summed E-state index contributed by atoms with van der Waals surface area (Å²) in [6, 6.07) is 2.31. The molecule has 0 fully saturated rings. The Morgan fingerprint density at radius 2 is 1.21 bits per heavy atom. The van der Waals surface area contributed by atoms with E-state index in [1.165, 1.54) is 51.4 Å². The SMILES string of the molecule is CCCCCC[Si](CC(C)(CCCN(C)C)CCCN(C)C)(OCC)OCC. The van der Waals surface area contributed by atoms with Crippen LogP contribution >= 0.6 is 0 Å². The molecule has 4 nitrogen and oxygen atoms in total. The first-order chi connectivity index (χ1) is 13.2. The van der Waals surface area contributed by atoms with Gasteiger partial charge < -0.3 is 18.7 Å². The van der Waals surface area contributed by atoms with E-state index >= 15 is 0 Å². The van der Waals surface area contributed by atoms with Crippen LogP contribution in [0.5, 0.6) is 0 Å². The minimum Gasteiger partial charge on any atom is -0.394 e. The van der Waals surface area contributed by atoms with Crippen LogP contribution in [0.1, 0.15) is 79.1 Å². The van der Waals surface area contributed by atoms with E-state index in [2.05, 4.69) is 65.7 Å². The zero-order chi connectivity index (χ0) is 21.5. The summed E-state index contributed by atoms with van der Waals surface area (Å²) < 4.78 is 13.0. The molecule has 28 heavy (non-hydrogen) atoms. The first kappa shape index (κ1) is 28.1. The summed E-state index contributed by atoms with van der Waals surface area (Å²) in [6.45, 7) is 13.0. The molecule has 0 aliphatic carbocycles. The van der Waals surface area contributed by atoms with Crippen LogP contribution in [-0.4, -0.2) is 72.9 Å². The van der Waals surface area contributed by atoms with E-state index in [1.807, 2.05) is 0 Å². The maximum Gasteiger partial charge on any atom is 0.338 e. The van der Waals surface area contributed by atoms with Crippen molar-refractivity contribution in [1.82, 2.24) is 9.80 Å². The van der Waals surface area contributed by atoms with Gasteiger partial charge in [0.1, 0.15) is 0 Å². The van der Waals surface area contributed by atoms with Crippen molar-refractivity contribution in [2.24, 2.45) is 5.41 Å². The van der Waals surface area contributed by atoms with E-state index in [9.17, 15) is 0 Å². The Hall–Kier alpha value is 0.0569. The van der Waals surface area contributed by atoms with Crippen molar-refractivity contribution in [3.8, 4) is 0 Å². The normalized spacial score (nSPS) is 13.1. The van der Waals surface area contributed by atoms with Gasteiger partial charge in [0.25, 0.3) is 0 Å². The average molecular weight is 417 g/mol. The lowest BCUT2D eigenvalue weighted by atomic mass is 9.82. The first-order valence-corrected chi connectivity index (χ1v) is 14.0. The minimum absolute atomic E-state index is 0.313. The van der Waals surface area contributed by atoms with Gasteiger partial charge in [-0.05, 0) is 98.3 Å². The molecular weight excluding hydrogens is 364 g/mol. The lowest BCUT2D eigenvalue weighted by molar-refractivity contribution is 0.154. The van der Waals surface area contributed by atoms with E-state index in [4.69, 9.17) is 8.85 Å². The smallest absolute Gasteiger partial charge is 0.338 e. The standard InChI is InChI=1S/C23H52N2O2Si/c1-9-12-13-14-21-28(26-10-2,27-11-3)22-23(4,17-15-19-24(5)6)18-16-20-25(7)8/h9-22H2,1-8H3. The summed E-state index contributed by atoms with van der Waals surface area (Å²) in [7, 11) is 6.55. The predicted octanol–water partition coefficient (Wildman–Crippen LogP) is 5.77. The van der Waals surface area contributed by atoms with Gasteiger partial charge in [0.05, 0.1) is 0 Å². The van der Waals surface area contributed by atoms with Crippen LogP contribution in [-0.2, 0) is 8.85 Å². The van der Waals surface area contributed by atoms with Crippen LogP contribution in [0, 0.1) is 5.41 Å². The molecule has 0 spiro atoms. The molecule has 0 aliphatic rings. The second-order valence-electron chi connectivity index (χ2n) is 9.39. The average Bonchev–Trinajstić information content (AvgIpc) is 2.58. The van der Waals surface area contributed by atoms with Crippen LogP contribution in [0.25, 0.3) is 0 Å². The number of rotatable bonds is 19. The van der Waals surface area contributed by atoms with Crippen LogP contribution in [0.15, 0.2) is 0 Å². The Bertz CT molecular complexity index is 345. The highest BCUT2D eigenvalue weighted by atomic mass is 28.4. The topological polar surface area (TPSA) is 24.9 Å². The molecule has 0 heterocycles. The third kappa shape index (κ3) is 13.3. The second-order valence-corrected chi connectivity index (χ2v) is 12.6. The molecule has 170 valence electrons. The van der Waals surface area contributed by atoms with E-state index in [-0.39, 0.29) is 0 Å². The number of unbranched alkanes of at least 4 members (excludes halogenated alkanes) is 3. The fourth-order valence-electron chi connectivity index (χ4n) is 4.32. The first-order valence-electron chi connectivity index (χ1n) is 11.8. The third-order valence-electron chi connectivity index (χ3n) is 5.69. The fraction of sp³-hybridized carbons (Fsp3) is 1.00. The van der Waals surface area contributed by atoms with Crippen LogP contribution < -0.4 is 0 Å². The van der Waals surface area contributed by atoms with E-state index in [0.29, 0.717) is 5.41 Å². The Kier molecular flexibility index (Phi) is 15.9. The monoisotopic (exact) mass is 416 g/mol. The Balaban J connectivity index is 5.24. The molecule has 0 amide bonds. The van der Waals surface area contributed by atoms with Gasteiger partial charge in [-0.2, -0.15) is 0 Å². The molecule has 0 aliphatic heterocycles. The summed E-state index contributed by atoms with van der Waals surface area (Å²) in [4.78, 5) is 4.61. The van der Waals surface area contributed by atoms with Crippen LogP contribution in [0.3, 0.4) is 0 Å². The number of hydrogen-bond acceptors (Lipinski definition) is 4. The zero-order valence-corrected chi connectivity index (χ0v) is 21.6. The van der Waals surface area contributed by atoms with Crippen molar-refractivity contribution in [2.45, 2.75) is 91.1 Å². The summed E-state index contributed by atoms with van der Waals surface area (Å²) in [5, 5.41) is 0. The molecule has 5 heteroatoms. The molecule has 0 rings (SSSR count). The molecule has 0 atom stereocenters. The number of hydrogen-bond donors (Lipinski definition) is 0. The van der Waals surface area contributed by atoms with Crippen molar-refractivity contribution in [2.75, 3.05) is 54.5 Å². The fourth-order valence-corrected chi connectivity index (χ4v) is 8.57. The van der Waals surface area contributed by atoms with E-state index < -0.39 is 8.56 Å². The van der Waals surface area contributed by atoms with E-state index in [1.54, 1.807) is 0 Å². The lowest BCUT2D eigenvalue weighted by Gasteiger charge is -2.40. The third-order valence-corrected chi connectivity index (χ3v) is 9.83. The second kappa shape index (κ2) is 15.8. The summed E-state index contributed by atoms with van der Waals surface area (Å²) >= 11 is 0. The molecular formula is C23H52N2O2Si. The van der Waals surface area contributed by atoms with Gasteiger partial charge in [-0.3, -0.25) is 0 Å². The van der Waals surface area contributed by atoms with Crippen LogP contribution in [0.2, 0.25) is 12.1 Å². The van der Waals surface area contributed by atoms with Crippen LogP contribution in [0.4, 0.5) is 0 Å². The van der Waals surface area contributed by atoms with Gasteiger partial charge in [0.2, 0.25) is 0 Å². The maximum absolute atomic E-state index is 6.50. The van der Waals surface area contributed by atoms with Gasteiger partial charge in [-0.1, -0.05) is 39.5 Å². The molecule has 0 saturated carbocycles. The molecule has 0 aromatic carbocycles.